The number of rotatable bonds is 5. The van der Waals surface area contributed by atoms with Gasteiger partial charge in [0.15, 0.2) is 0 Å². The van der Waals surface area contributed by atoms with Gasteiger partial charge in [-0.2, -0.15) is 8.42 Å². The zero-order chi connectivity index (χ0) is 18.7. The molecule has 138 valence electrons. The second kappa shape index (κ2) is 7.67. The van der Waals surface area contributed by atoms with Crippen LogP contribution in [0.2, 0.25) is 0 Å². The summed E-state index contributed by atoms with van der Waals surface area (Å²) in [7, 11) is -3.51. The third-order valence-corrected chi connectivity index (χ3v) is 4.58. The number of alkyl carbamates (subject to hydrolysis) is 1. The number of aromatic nitrogens is 1. The average Bonchev–Trinajstić information content (AvgIpc) is 2.90. The van der Waals surface area contributed by atoms with E-state index in [2.05, 4.69) is 10.3 Å². The van der Waals surface area contributed by atoms with E-state index in [0.29, 0.717) is 13.0 Å². The number of hydrogen-bond acceptors (Lipinski definition) is 7. The predicted octanol–water partition coefficient (Wildman–Crippen LogP) is 2.86. The summed E-state index contributed by atoms with van der Waals surface area (Å²) in [6, 6.07) is 0. The number of amides is 1. The van der Waals surface area contributed by atoms with Crippen LogP contribution in [0.5, 0.6) is 0 Å². The summed E-state index contributed by atoms with van der Waals surface area (Å²) in [5, 5.41) is 3.41. The lowest BCUT2D eigenvalue weighted by Gasteiger charge is -2.19. The zero-order valence-electron chi connectivity index (χ0n) is 14.6. The molecule has 2 rings (SSSR count). The molecule has 0 spiro atoms. The Morgan fingerprint density at radius 3 is 2.80 bits per heavy atom. The second-order valence-corrected chi connectivity index (χ2v) is 9.30. The molecule has 1 atom stereocenters. The molecule has 1 unspecified atom stereocenters. The van der Waals surface area contributed by atoms with Crippen molar-refractivity contribution in [1.82, 2.24) is 10.3 Å². The van der Waals surface area contributed by atoms with E-state index in [1.807, 2.05) is 12.2 Å². The van der Waals surface area contributed by atoms with E-state index in [9.17, 15) is 13.2 Å². The van der Waals surface area contributed by atoms with E-state index in [4.69, 9.17) is 8.92 Å². The van der Waals surface area contributed by atoms with Gasteiger partial charge in [0.05, 0.1) is 18.9 Å². The first kappa shape index (κ1) is 19.6. The maximum Gasteiger partial charge on any atom is 0.407 e. The summed E-state index contributed by atoms with van der Waals surface area (Å²) in [6.45, 7) is 5.71. The third kappa shape index (κ3) is 6.97. The summed E-state index contributed by atoms with van der Waals surface area (Å²) < 4.78 is 32.7. The minimum atomic E-state index is -3.51. The fourth-order valence-electron chi connectivity index (χ4n) is 2.08. The predicted molar refractivity (Wildman–Crippen MR) is 96.6 cm³/mol. The summed E-state index contributed by atoms with van der Waals surface area (Å²) in [5.74, 6) is 0. The van der Waals surface area contributed by atoms with Gasteiger partial charge in [0.1, 0.15) is 10.6 Å². The molecule has 0 aliphatic heterocycles. The summed E-state index contributed by atoms with van der Waals surface area (Å²) in [4.78, 5) is 16.9. The van der Waals surface area contributed by atoms with Crippen LogP contribution in [0.1, 0.15) is 37.1 Å². The standard InChI is InChI=1S/C16H22N2O5S2/c1-16(2,3)22-15(19)18-10-13-9-17-14(24-13)11-6-5-7-12(8-11)23-25(4,20)21/h5-6,8-9,12H,7,10H2,1-4H3,(H,18,19). The van der Waals surface area contributed by atoms with Gasteiger partial charge in [0, 0.05) is 16.6 Å². The Balaban J connectivity index is 1.98. The van der Waals surface area contributed by atoms with Crippen molar-refractivity contribution < 1.29 is 22.1 Å². The van der Waals surface area contributed by atoms with E-state index in [1.54, 1.807) is 33.0 Å². The Hall–Kier alpha value is -1.71. The molecule has 0 fully saturated rings. The van der Waals surface area contributed by atoms with Gasteiger partial charge < -0.3 is 10.1 Å². The number of nitrogens with one attached hydrogen (secondary N) is 1. The number of carbonyl (C=O) groups excluding carboxylic acids is 1. The molecule has 1 heterocycles. The van der Waals surface area contributed by atoms with Gasteiger partial charge >= 0.3 is 6.09 Å². The number of carbonyl (C=O) groups is 1. The zero-order valence-corrected chi connectivity index (χ0v) is 16.2. The molecule has 0 saturated carbocycles. The van der Waals surface area contributed by atoms with Crippen molar-refractivity contribution in [3.8, 4) is 0 Å². The Kier molecular flexibility index (Phi) is 6.02. The van der Waals surface area contributed by atoms with Crippen LogP contribution in [0.3, 0.4) is 0 Å². The van der Waals surface area contributed by atoms with Gasteiger partial charge in [-0.25, -0.2) is 9.78 Å². The van der Waals surface area contributed by atoms with Crippen LogP contribution in [0.15, 0.2) is 24.4 Å². The molecule has 1 aliphatic carbocycles. The number of nitrogens with zero attached hydrogens (tertiary/aromatic N) is 1. The molecular formula is C16H22N2O5S2. The number of thiazole rings is 1. The minimum Gasteiger partial charge on any atom is -0.444 e. The van der Waals surface area contributed by atoms with Crippen LogP contribution < -0.4 is 5.32 Å². The maximum absolute atomic E-state index is 11.7. The molecule has 1 aromatic heterocycles. The highest BCUT2D eigenvalue weighted by molar-refractivity contribution is 7.86. The van der Waals surface area contributed by atoms with Gasteiger partial charge in [0.25, 0.3) is 10.1 Å². The van der Waals surface area contributed by atoms with Crippen LogP contribution in [-0.4, -0.2) is 37.5 Å². The molecule has 1 aromatic rings. The van der Waals surface area contributed by atoms with Gasteiger partial charge in [-0.3, -0.25) is 4.18 Å². The van der Waals surface area contributed by atoms with Crippen LogP contribution >= 0.6 is 11.3 Å². The van der Waals surface area contributed by atoms with Crippen molar-refractivity contribution in [2.24, 2.45) is 0 Å². The molecule has 1 aliphatic rings. The first-order chi connectivity index (χ1) is 11.5. The lowest BCUT2D eigenvalue weighted by atomic mass is 10.1. The second-order valence-electron chi connectivity index (χ2n) is 6.59. The molecule has 0 bridgehead atoms. The third-order valence-electron chi connectivity index (χ3n) is 2.94. The van der Waals surface area contributed by atoms with Crippen molar-refractivity contribution in [3.63, 3.8) is 0 Å². The Labute approximate surface area is 151 Å². The molecule has 1 amide bonds. The maximum atomic E-state index is 11.7. The quantitative estimate of drug-likeness (QED) is 0.782. The van der Waals surface area contributed by atoms with Gasteiger partial charge in [0.2, 0.25) is 0 Å². The normalized spacial score (nSPS) is 17.9. The van der Waals surface area contributed by atoms with Gasteiger partial charge in [-0.1, -0.05) is 12.2 Å². The summed E-state index contributed by atoms with van der Waals surface area (Å²) >= 11 is 1.41. The highest BCUT2D eigenvalue weighted by atomic mass is 32.2. The van der Waals surface area contributed by atoms with Crippen molar-refractivity contribution >= 4 is 33.1 Å². The highest BCUT2D eigenvalue weighted by Crippen LogP contribution is 2.27. The van der Waals surface area contributed by atoms with Crippen LogP contribution in [-0.2, 0) is 25.6 Å². The fourth-order valence-corrected chi connectivity index (χ4v) is 3.52. The number of hydrogen-bond donors (Lipinski definition) is 1. The lowest BCUT2D eigenvalue weighted by molar-refractivity contribution is 0.0524. The monoisotopic (exact) mass is 386 g/mol. The number of allylic oxidation sites excluding steroid dienone is 2. The highest BCUT2D eigenvalue weighted by Gasteiger charge is 2.18. The molecule has 0 saturated heterocycles. The topological polar surface area (TPSA) is 94.6 Å². The van der Waals surface area contributed by atoms with E-state index >= 15 is 0 Å². The smallest absolute Gasteiger partial charge is 0.407 e. The van der Waals surface area contributed by atoms with Crippen LogP contribution in [0.25, 0.3) is 5.57 Å². The van der Waals surface area contributed by atoms with E-state index in [0.717, 1.165) is 21.7 Å². The van der Waals surface area contributed by atoms with Crippen molar-refractivity contribution in [1.29, 1.82) is 0 Å². The van der Waals surface area contributed by atoms with Crippen LogP contribution in [0.4, 0.5) is 4.79 Å². The fraction of sp³-hybridized carbons (Fsp3) is 0.500. The van der Waals surface area contributed by atoms with Crippen molar-refractivity contribution in [3.05, 3.63) is 34.3 Å². The molecule has 9 heteroatoms. The van der Waals surface area contributed by atoms with E-state index in [-0.39, 0.29) is 0 Å². The Morgan fingerprint density at radius 2 is 2.16 bits per heavy atom. The van der Waals surface area contributed by atoms with Gasteiger partial charge in [-0.05, 0) is 33.3 Å². The first-order valence-electron chi connectivity index (χ1n) is 7.70. The Morgan fingerprint density at radius 1 is 1.44 bits per heavy atom. The molecule has 0 radical (unpaired) electrons. The lowest BCUT2D eigenvalue weighted by Crippen LogP contribution is -2.31. The van der Waals surface area contributed by atoms with E-state index < -0.39 is 27.9 Å². The SMILES string of the molecule is CC(C)(C)OC(=O)NCc1cnc(C2=CC(OS(C)(=O)=O)CC=C2)s1. The first-order valence-corrected chi connectivity index (χ1v) is 10.3. The molecule has 0 aromatic carbocycles. The largest absolute Gasteiger partial charge is 0.444 e. The molecule has 25 heavy (non-hydrogen) atoms. The molecular weight excluding hydrogens is 364 g/mol. The summed E-state index contributed by atoms with van der Waals surface area (Å²) in [5.41, 5.74) is 0.253. The number of ether oxygens (including phenoxy) is 1. The summed E-state index contributed by atoms with van der Waals surface area (Å²) in [6.07, 6.45) is 7.66. The van der Waals surface area contributed by atoms with Crippen molar-refractivity contribution in [2.75, 3.05) is 6.26 Å². The molecule has 1 N–H and O–H groups in total. The average molecular weight is 386 g/mol. The van der Waals surface area contributed by atoms with E-state index in [1.165, 1.54) is 11.3 Å². The molecule has 7 nitrogen and oxygen atoms in total. The minimum absolute atomic E-state index is 0.312. The Bertz CT molecular complexity index is 788. The van der Waals surface area contributed by atoms with Crippen molar-refractivity contribution in [2.45, 2.75) is 45.4 Å². The van der Waals surface area contributed by atoms with Crippen LogP contribution in [0, 0.1) is 0 Å². The van der Waals surface area contributed by atoms with Gasteiger partial charge in [-0.15, -0.1) is 11.3 Å².